The number of rotatable bonds is 5. The summed E-state index contributed by atoms with van der Waals surface area (Å²) in [4.78, 5) is 4.50. The van der Waals surface area contributed by atoms with Gasteiger partial charge in [0.15, 0.2) is 5.89 Å². The third kappa shape index (κ3) is 3.99. The van der Waals surface area contributed by atoms with E-state index in [1.165, 1.54) is 0 Å². The molecule has 7 heteroatoms. The summed E-state index contributed by atoms with van der Waals surface area (Å²) in [6, 6.07) is 6.68. The average Bonchev–Trinajstić information content (AvgIpc) is 3.01. The average molecular weight is 335 g/mol. The maximum absolute atomic E-state index is 12.4. The molecule has 1 unspecified atom stereocenters. The van der Waals surface area contributed by atoms with E-state index >= 15 is 0 Å². The lowest BCUT2D eigenvalue weighted by molar-refractivity contribution is 0.376. The van der Waals surface area contributed by atoms with E-state index in [0.717, 1.165) is 31.5 Å². The standard InChI is InChI=1S/C16H21N3O3S/c1-12-19-16(11-22-12)14-4-6-15(7-5-14)23(20,21)18-10-13-3-2-8-17-9-13/h4-7,11,13,17-18H,2-3,8-10H2,1H3. The Bertz CT molecular complexity index is 747. The molecule has 1 fully saturated rings. The summed E-state index contributed by atoms with van der Waals surface area (Å²) in [5.41, 5.74) is 1.53. The van der Waals surface area contributed by atoms with Gasteiger partial charge in [-0.15, -0.1) is 0 Å². The van der Waals surface area contributed by atoms with Crippen LogP contribution in [-0.4, -0.2) is 33.0 Å². The fourth-order valence-electron chi connectivity index (χ4n) is 2.71. The van der Waals surface area contributed by atoms with Gasteiger partial charge in [0, 0.05) is 19.0 Å². The molecular formula is C16H21N3O3S. The molecule has 124 valence electrons. The zero-order valence-electron chi connectivity index (χ0n) is 13.1. The first kappa shape index (κ1) is 16.2. The second-order valence-electron chi connectivity index (χ2n) is 5.84. The van der Waals surface area contributed by atoms with Crippen LogP contribution in [0.25, 0.3) is 11.3 Å². The Morgan fingerprint density at radius 2 is 2.13 bits per heavy atom. The van der Waals surface area contributed by atoms with E-state index in [2.05, 4.69) is 15.0 Å². The summed E-state index contributed by atoms with van der Waals surface area (Å²) in [7, 11) is -3.48. The van der Waals surface area contributed by atoms with Gasteiger partial charge in [-0.05, 0) is 44.0 Å². The number of aromatic nitrogens is 1. The minimum atomic E-state index is -3.48. The second kappa shape index (κ2) is 6.82. The monoisotopic (exact) mass is 335 g/mol. The number of sulfonamides is 1. The molecule has 1 atom stereocenters. The summed E-state index contributed by atoms with van der Waals surface area (Å²) in [5.74, 6) is 0.940. The van der Waals surface area contributed by atoms with E-state index in [9.17, 15) is 8.42 Å². The van der Waals surface area contributed by atoms with Gasteiger partial charge in [0.1, 0.15) is 12.0 Å². The highest BCUT2D eigenvalue weighted by Crippen LogP contribution is 2.21. The van der Waals surface area contributed by atoms with Crippen LogP contribution in [0.3, 0.4) is 0 Å². The molecule has 0 saturated carbocycles. The van der Waals surface area contributed by atoms with Crippen molar-refractivity contribution in [2.24, 2.45) is 5.92 Å². The predicted octanol–water partition coefficient (Wildman–Crippen LogP) is 1.93. The number of hydrogen-bond acceptors (Lipinski definition) is 5. The molecule has 3 rings (SSSR count). The highest BCUT2D eigenvalue weighted by atomic mass is 32.2. The Morgan fingerprint density at radius 3 is 2.74 bits per heavy atom. The smallest absolute Gasteiger partial charge is 0.240 e. The second-order valence-corrected chi connectivity index (χ2v) is 7.61. The molecule has 0 spiro atoms. The topological polar surface area (TPSA) is 84.2 Å². The van der Waals surface area contributed by atoms with Crippen molar-refractivity contribution in [1.82, 2.24) is 15.0 Å². The van der Waals surface area contributed by atoms with Gasteiger partial charge in [-0.1, -0.05) is 12.1 Å². The van der Waals surface area contributed by atoms with E-state index in [0.29, 0.717) is 24.0 Å². The highest BCUT2D eigenvalue weighted by molar-refractivity contribution is 7.89. The summed E-state index contributed by atoms with van der Waals surface area (Å²) >= 11 is 0. The van der Waals surface area contributed by atoms with Crippen molar-refractivity contribution < 1.29 is 12.8 Å². The van der Waals surface area contributed by atoms with Gasteiger partial charge in [0.05, 0.1) is 4.90 Å². The van der Waals surface area contributed by atoms with Crippen molar-refractivity contribution in [2.45, 2.75) is 24.7 Å². The highest BCUT2D eigenvalue weighted by Gasteiger charge is 2.18. The van der Waals surface area contributed by atoms with Gasteiger partial charge < -0.3 is 9.73 Å². The third-order valence-corrected chi connectivity index (χ3v) is 5.48. The van der Waals surface area contributed by atoms with Gasteiger partial charge in [-0.25, -0.2) is 18.1 Å². The quantitative estimate of drug-likeness (QED) is 0.872. The lowest BCUT2D eigenvalue weighted by Crippen LogP contribution is -2.38. The van der Waals surface area contributed by atoms with Crippen molar-refractivity contribution in [1.29, 1.82) is 0 Å². The summed E-state index contributed by atoms with van der Waals surface area (Å²) in [5, 5.41) is 3.29. The van der Waals surface area contributed by atoms with Crippen LogP contribution in [0, 0.1) is 12.8 Å². The molecule has 23 heavy (non-hydrogen) atoms. The van der Waals surface area contributed by atoms with Crippen LogP contribution in [0.2, 0.25) is 0 Å². The molecule has 1 aromatic heterocycles. The summed E-state index contributed by atoms with van der Waals surface area (Å²) < 4.78 is 32.6. The minimum Gasteiger partial charge on any atom is -0.449 e. The van der Waals surface area contributed by atoms with E-state index in [1.807, 2.05) is 0 Å². The predicted molar refractivity (Wildman–Crippen MR) is 87.5 cm³/mol. The molecular weight excluding hydrogens is 314 g/mol. The van der Waals surface area contributed by atoms with Crippen LogP contribution in [0.1, 0.15) is 18.7 Å². The van der Waals surface area contributed by atoms with Gasteiger partial charge >= 0.3 is 0 Å². The number of piperidine rings is 1. The number of oxazole rings is 1. The molecule has 6 nitrogen and oxygen atoms in total. The van der Waals surface area contributed by atoms with E-state index in [-0.39, 0.29) is 4.90 Å². The Hall–Kier alpha value is -1.70. The Labute approximate surface area is 136 Å². The minimum absolute atomic E-state index is 0.269. The number of aryl methyl sites for hydroxylation is 1. The number of benzene rings is 1. The molecule has 1 aliphatic heterocycles. The van der Waals surface area contributed by atoms with Crippen LogP contribution in [0.5, 0.6) is 0 Å². The Morgan fingerprint density at radius 1 is 1.35 bits per heavy atom. The number of nitrogens with one attached hydrogen (secondary N) is 2. The fourth-order valence-corrected chi connectivity index (χ4v) is 3.83. The van der Waals surface area contributed by atoms with Crippen molar-refractivity contribution >= 4 is 10.0 Å². The molecule has 0 amide bonds. The van der Waals surface area contributed by atoms with Crippen LogP contribution < -0.4 is 10.0 Å². The van der Waals surface area contributed by atoms with Crippen LogP contribution in [0.15, 0.2) is 39.8 Å². The lowest BCUT2D eigenvalue weighted by Gasteiger charge is -2.22. The third-order valence-electron chi connectivity index (χ3n) is 4.04. The summed E-state index contributed by atoms with van der Waals surface area (Å²) in [6.07, 6.45) is 3.71. The first-order chi connectivity index (χ1) is 11.0. The number of nitrogens with zero attached hydrogens (tertiary/aromatic N) is 1. The maximum Gasteiger partial charge on any atom is 0.240 e. The first-order valence-electron chi connectivity index (χ1n) is 7.77. The molecule has 2 heterocycles. The van der Waals surface area contributed by atoms with E-state index in [4.69, 9.17) is 4.42 Å². The maximum atomic E-state index is 12.4. The van der Waals surface area contributed by atoms with Crippen LogP contribution >= 0.6 is 0 Å². The summed E-state index contributed by atoms with van der Waals surface area (Å²) in [6.45, 7) is 4.13. The van der Waals surface area contributed by atoms with Crippen LogP contribution in [0.4, 0.5) is 0 Å². The molecule has 0 aliphatic carbocycles. The Kier molecular flexibility index (Phi) is 4.79. The lowest BCUT2D eigenvalue weighted by atomic mass is 10.0. The fraction of sp³-hybridized carbons (Fsp3) is 0.438. The molecule has 0 bridgehead atoms. The first-order valence-corrected chi connectivity index (χ1v) is 9.26. The van der Waals surface area contributed by atoms with Gasteiger partial charge in [-0.2, -0.15) is 0 Å². The molecule has 1 aliphatic rings. The molecule has 2 aromatic rings. The molecule has 1 aromatic carbocycles. The number of hydrogen-bond donors (Lipinski definition) is 2. The normalized spacial score (nSPS) is 18.9. The molecule has 2 N–H and O–H groups in total. The SMILES string of the molecule is Cc1nc(-c2ccc(S(=O)(=O)NCC3CCCNC3)cc2)co1. The van der Waals surface area contributed by atoms with E-state index in [1.54, 1.807) is 37.5 Å². The van der Waals surface area contributed by atoms with Gasteiger partial charge in [0.2, 0.25) is 10.0 Å². The Balaban J connectivity index is 1.67. The zero-order chi connectivity index (χ0) is 16.3. The largest absolute Gasteiger partial charge is 0.449 e. The van der Waals surface area contributed by atoms with E-state index < -0.39 is 10.0 Å². The van der Waals surface area contributed by atoms with Crippen molar-refractivity contribution in [3.8, 4) is 11.3 Å². The van der Waals surface area contributed by atoms with Crippen molar-refractivity contribution in [2.75, 3.05) is 19.6 Å². The van der Waals surface area contributed by atoms with Crippen LogP contribution in [-0.2, 0) is 10.0 Å². The molecule has 1 saturated heterocycles. The van der Waals surface area contributed by atoms with Gasteiger partial charge in [0.25, 0.3) is 0 Å². The van der Waals surface area contributed by atoms with Crippen molar-refractivity contribution in [3.63, 3.8) is 0 Å². The molecule has 0 radical (unpaired) electrons. The van der Waals surface area contributed by atoms with Gasteiger partial charge in [-0.3, -0.25) is 0 Å². The zero-order valence-corrected chi connectivity index (χ0v) is 13.9. The van der Waals surface area contributed by atoms with Crippen molar-refractivity contribution in [3.05, 3.63) is 36.4 Å².